The normalized spacial score (nSPS) is 15.3. The number of ether oxygens (including phenoxy) is 1. The quantitative estimate of drug-likeness (QED) is 0.390. The topological polar surface area (TPSA) is 38.7 Å². The van der Waals surface area contributed by atoms with E-state index in [1.54, 1.807) is 11.3 Å². The molecular formula is C25H28NO2S. The van der Waals surface area contributed by atoms with Crippen molar-refractivity contribution >= 4 is 28.0 Å². The Labute approximate surface area is 177 Å². The van der Waals surface area contributed by atoms with Crippen LogP contribution < -0.4 is 4.74 Å². The summed E-state index contributed by atoms with van der Waals surface area (Å²) in [6, 6.07) is 11.7. The highest BCUT2D eigenvalue weighted by molar-refractivity contribution is 7.16. The van der Waals surface area contributed by atoms with Gasteiger partial charge in [-0.2, -0.15) is 0 Å². The number of Topliss-reactive ketones (excluding diaryl/α,β-unsaturated/α-hetero) is 1. The molecule has 0 unspecified atom stereocenters. The van der Waals surface area contributed by atoms with Gasteiger partial charge in [0.05, 0.1) is 5.56 Å². The first kappa shape index (κ1) is 20.1. The maximum atomic E-state index is 12.8. The Bertz CT molecular complexity index is 910. The monoisotopic (exact) mass is 406 g/mol. The fourth-order valence-corrected chi connectivity index (χ4v) is 4.74. The molecule has 1 aromatic carbocycles. The fourth-order valence-electron chi connectivity index (χ4n) is 3.68. The molecular weight excluding hydrogens is 378 g/mol. The molecule has 0 N–H and O–H groups in total. The van der Waals surface area contributed by atoms with Crippen LogP contribution in [0.3, 0.4) is 0 Å². The van der Waals surface area contributed by atoms with E-state index >= 15 is 0 Å². The predicted molar refractivity (Wildman–Crippen MR) is 120 cm³/mol. The van der Waals surface area contributed by atoms with Crippen molar-refractivity contribution in [1.29, 1.82) is 0 Å². The first-order valence-electron chi connectivity index (χ1n) is 10.8. The average molecular weight is 407 g/mol. The molecule has 0 saturated carbocycles. The van der Waals surface area contributed by atoms with Gasteiger partial charge >= 0.3 is 0 Å². The van der Waals surface area contributed by atoms with Crippen LogP contribution in [0.1, 0.15) is 73.5 Å². The van der Waals surface area contributed by atoms with E-state index in [4.69, 9.17) is 9.73 Å². The number of carbonyl (C=O) groups excluding carboxylic acids is 1. The zero-order valence-electron chi connectivity index (χ0n) is 17.1. The highest BCUT2D eigenvalue weighted by Crippen LogP contribution is 2.45. The Kier molecular flexibility index (Phi) is 6.60. The van der Waals surface area contributed by atoms with Crippen LogP contribution in [0.25, 0.3) is 0 Å². The molecule has 0 saturated heterocycles. The Morgan fingerprint density at radius 3 is 2.45 bits per heavy atom. The van der Waals surface area contributed by atoms with Crippen molar-refractivity contribution in [3.63, 3.8) is 0 Å². The average Bonchev–Trinajstić information content (AvgIpc) is 3.45. The fraction of sp³-hybridized carbons (Fsp3) is 0.400. The van der Waals surface area contributed by atoms with Crippen LogP contribution in [0.4, 0.5) is 5.00 Å². The van der Waals surface area contributed by atoms with Gasteiger partial charge in [0.15, 0.2) is 5.78 Å². The summed E-state index contributed by atoms with van der Waals surface area (Å²) in [5.74, 6) is 2.11. The number of rotatable bonds is 10. The van der Waals surface area contributed by atoms with Gasteiger partial charge in [0.1, 0.15) is 16.7 Å². The van der Waals surface area contributed by atoms with Crippen molar-refractivity contribution in [2.75, 3.05) is 0 Å². The number of hydrogen-bond donors (Lipinski definition) is 0. The molecule has 4 rings (SSSR count). The van der Waals surface area contributed by atoms with E-state index in [-0.39, 0.29) is 5.78 Å². The number of fused-ring (bicyclic) bond motifs is 2. The third-order valence-electron chi connectivity index (χ3n) is 5.42. The smallest absolute Gasteiger partial charge is 0.224 e. The molecule has 0 amide bonds. The van der Waals surface area contributed by atoms with Gasteiger partial charge in [0.2, 0.25) is 5.90 Å². The van der Waals surface area contributed by atoms with E-state index in [0.717, 1.165) is 34.2 Å². The number of aryl methyl sites for hydroxylation is 1. The second kappa shape index (κ2) is 9.53. The lowest BCUT2D eigenvalue weighted by molar-refractivity contribution is 0.102. The van der Waals surface area contributed by atoms with E-state index in [1.807, 2.05) is 36.4 Å². The van der Waals surface area contributed by atoms with E-state index in [2.05, 4.69) is 13.0 Å². The number of hydrogen-bond acceptors (Lipinski definition) is 4. The van der Waals surface area contributed by atoms with Crippen molar-refractivity contribution in [2.45, 2.75) is 64.7 Å². The minimum Gasteiger partial charge on any atom is -0.439 e. The minimum absolute atomic E-state index is 0.0869. The standard InChI is InChI=1S/C25H28NO2S/c1-2-3-4-5-6-7-8-12-15-19-16-22-23(27)20-17-21(20)24(26-25(22)29-19)28-18-13-10-9-11-14-18/h9-11,13-14,16-17H,2-8,12,15H2,1H3. The van der Waals surface area contributed by atoms with Crippen LogP contribution in [0.2, 0.25) is 0 Å². The summed E-state index contributed by atoms with van der Waals surface area (Å²) in [4.78, 5) is 18.7. The van der Waals surface area contributed by atoms with Gasteiger partial charge < -0.3 is 4.74 Å². The molecule has 1 aliphatic heterocycles. The highest BCUT2D eigenvalue weighted by Gasteiger charge is 2.42. The first-order valence-corrected chi connectivity index (χ1v) is 11.7. The molecule has 0 fully saturated rings. The van der Waals surface area contributed by atoms with Crippen molar-refractivity contribution < 1.29 is 9.53 Å². The molecule has 4 heteroatoms. The molecule has 3 nitrogen and oxygen atoms in total. The summed E-state index contributed by atoms with van der Waals surface area (Å²) in [5, 5.41) is 0.788. The molecule has 0 bridgehead atoms. The van der Waals surface area contributed by atoms with E-state index in [9.17, 15) is 4.79 Å². The second-order valence-corrected chi connectivity index (χ2v) is 8.90. The van der Waals surface area contributed by atoms with Crippen LogP contribution >= 0.6 is 11.3 Å². The predicted octanol–water partition coefficient (Wildman–Crippen LogP) is 7.25. The van der Waals surface area contributed by atoms with Crippen LogP contribution in [-0.4, -0.2) is 11.7 Å². The third kappa shape index (κ3) is 5.05. The van der Waals surface area contributed by atoms with Crippen LogP contribution in [0.5, 0.6) is 5.75 Å². The van der Waals surface area contributed by atoms with Gasteiger partial charge in [0.25, 0.3) is 0 Å². The Morgan fingerprint density at radius 2 is 1.69 bits per heavy atom. The second-order valence-electron chi connectivity index (χ2n) is 7.79. The van der Waals surface area contributed by atoms with Gasteiger partial charge in [-0.15, -0.1) is 11.3 Å². The maximum Gasteiger partial charge on any atom is 0.224 e. The molecule has 1 aliphatic carbocycles. The van der Waals surface area contributed by atoms with E-state index in [0.29, 0.717) is 5.90 Å². The van der Waals surface area contributed by atoms with E-state index in [1.165, 1.54) is 56.2 Å². The molecule has 1 radical (unpaired) electrons. The molecule has 2 aromatic rings. The number of para-hydroxylation sites is 1. The molecule has 151 valence electrons. The van der Waals surface area contributed by atoms with Gasteiger partial charge in [-0.25, -0.2) is 4.99 Å². The lowest BCUT2D eigenvalue weighted by Crippen LogP contribution is -2.09. The summed E-state index contributed by atoms with van der Waals surface area (Å²) < 4.78 is 5.97. The number of thiophene rings is 1. The molecule has 1 aromatic heterocycles. The minimum atomic E-state index is 0.0869. The Balaban J connectivity index is 1.35. The lowest BCUT2D eigenvalue weighted by Gasteiger charge is -2.05. The molecule has 0 spiro atoms. The maximum absolute atomic E-state index is 12.8. The van der Waals surface area contributed by atoms with E-state index < -0.39 is 0 Å². The number of unbranched alkanes of at least 4 members (excludes halogenated alkanes) is 7. The summed E-state index contributed by atoms with van der Waals surface area (Å²) in [6.07, 6.45) is 13.4. The van der Waals surface area contributed by atoms with Gasteiger partial charge in [0, 0.05) is 10.5 Å². The van der Waals surface area contributed by atoms with Crippen LogP contribution in [0, 0.1) is 5.92 Å². The van der Waals surface area contributed by atoms with Crippen molar-refractivity contribution in [1.82, 2.24) is 0 Å². The number of allylic oxidation sites excluding steroid dienone is 1. The summed E-state index contributed by atoms with van der Waals surface area (Å²) >= 11 is 1.64. The number of aliphatic imine (C=N–C) groups is 1. The van der Waals surface area contributed by atoms with Crippen molar-refractivity contribution in [3.05, 3.63) is 64.4 Å². The number of nitrogens with zero attached hydrogens (tertiary/aromatic N) is 1. The zero-order valence-corrected chi connectivity index (χ0v) is 17.9. The summed E-state index contributed by atoms with van der Waals surface area (Å²) in [7, 11) is 0. The van der Waals surface area contributed by atoms with Crippen LogP contribution in [0.15, 0.2) is 53.0 Å². The Hall–Kier alpha value is -2.20. The number of carbonyl (C=O) groups is 1. The lowest BCUT2D eigenvalue weighted by atomic mass is 10.1. The molecule has 29 heavy (non-hydrogen) atoms. The zero-order chi connectivity index (χ0) is 20.1. The Morgan fingerprint density at radius 1 is 0.966 bits per heavy atom. The molecule has 2 heterocycles. The van der Waals surface area contributed by atoms with Gasteiger partial charge in [-0.3, -0.25) is 4.79 Å². The largest absolute Gasteiger partial charge is 0.439 e. The third-order valence-corrected chi connectivity index (χ3v) is 6.50. The van der Waals surface area contributed by atoms with Gasteiger partial charge in [-0.1, -0.05) is 76.1 Å². The van der Waals surface area contributed by atoms with Crippen molar-refractivity contribution in [2.24, 2.45) is 4.99 Å². The number of benzene rings is 1. The highest BCUT2D eigenvalue weighted by atomic mass is 32.1. The number of ketones is 1. The van der Waals surface area contributed by atoms with Crippen molar-refractivity contribution in [3.8, 4) is 5.75 Å². The first-order chi connectivity index (χ1) is 14.3. The molecule has 2 aliphatic rings. The summed E-state index contributed by atoms with van der Waals surface area (Å²) in [6.45, 7) is 2.26. The SMILES string of the molecule is CCCCCCCCCCc1cc2c(s1)N=C(Oc1ccccc1)C1=C[C]1C2=O. The molecule has 0 atom stereocenters. The van der Waals surface area contributed by atoms with Crippen LogP contribution in [-0.2, 0) is 6.42 Å². The summed E-state index contributed by atoms with van der Waals surface area (Å²) in [5.41, 5.74) is 1.57. The van der Waals surface area contributed by atoms with Gasteiger partial charge in [-0.05, 0) is 31.0 Å².